The van der Waals surface area contributed by atoms with Crippen LogP contribution in [0.2, 0.25) is 5.02 Å². The molecule has 1 saturated carbocycles. The summed E-state index contributed by atoms with van der Waals surface area (Å²) in [5.41, 5.74) is 3.73. The van der Waals surface area contributed by atoms with Crippen molar-refractivity contribution in [2.24, 2.45) is 5.92 Å². The van der Waals surface area contributed by atoms with Gasteiger partial charge in [-0.25, -0.2) is 14.4 Å². The predicted octanol–water partition coefficient (Wildman–Crippen LogP) is 6.77. The molecular weight excluding hydrogens is 399 g/mol. The molecule has 4 aromatic rings. The largest absolute Gasteiger partial charge is 0.340 e. The lowest BCUT2D eigenvalue weighted by molar-refractivity contribution is 0.272. The topological polar surface area (TPSA) is 54.5 Å². The zero-order valence-electron chi connectivity index (χ0n) is 16.9. The van der Waals surface area contributed by atoms with Crippen molar-refractivity contribution in [1.82, 2.24) is 19.9 Å². The van der Waals surface area contributed by atoms with Crippen molar-refractivity contribution in [1.29, 1.82) is 0 Å². The van der Waals surface area contributed by atoms with Gasteiger partial charge in [0.15, 0.2) is 5.65 Å². The molecule has 0 radical (unpaired) electrons. The lowest BCUT2D eigenvalue weighted by Gasteiger charge is -2.33. The number of nitrogens with one attached hydrogen (secondary N) is 1. The molecule has 1 aromatic carbocycles. The van der Waals surface area contributed by atoms with Crippen LogP contribution in [0.4, 0.5) is 4.39 Å². The second-order valence-corrected chi connectivity index (χ2v) is 8.77. The number of hydrogen-bond acceptors (Lipinski definition) is 3. The van der Waals surface area contributed by atoms with Crippen molar-refractivity contribution in [2.45, 2.75) is 50.9 Å². The molecule has 5 rings (SSSR count). The van der Waals surface area contributed by atoms with E-state index >= 15 is 0 Å². The van der Waals surface area contributed by atoms with Crippen LogP contribution in [0.3, 0.4) is 0 Å². The second-order valence-electron chi connectivity index (χ2n) is 8.33. The van der Waals surface area contributed by atoms with Gasteiger partial charge in [-0.05, 0) is 79.8 Å². The number of aromatic amines is 1. The Balaban J connectivity index is 1.36. The Morgan fingerprint density at radius 1 is 1.13 bits per heavy atom. The number of H-pyrrole nitrogens is 1. The number of benzene rings is 1. The Hall–Kier alpha value is -2.53. The number of aromatic nitrogens is 4. The fraction of sp³-hybridized carbons (Fsp3) is 0.375. The van der Waals surface area contributed by atoms with Gasteiger partial charge in [-0.2, -0.15) is 0 Å². The Morgan fingerprint density at radius 3 is 2.77 bits per heavy atom. The minimum absolute atomic E-state index is 0.199. The Kier molecular flexibility index (Phi) is 5.15. The van der Waals surface area contributed by atoms with E-state index in [0.717, 1.165) is 60.0 Å². The molecule has 1 aliphatic carbocycles. The molecule has 30 heavy (non-hydrogen) atoms. The fourth-order valence-electron chi connectivity index (χ4n) is 5.15. The van der Waals surface area contributed by atoms with E-state index in [0.29, 0.717) is 22.8 Å². The highest BCUT2D eigenvalue weighted by molar-refractivity contribution is 6.31. The molecule has 1 N–H and O–H groups in total. The first-order valence-electron chi connectivity index (χ1n) is 10.7. The van der Waals surface area contributed by atoms with Gasteiger partial charge in [-0.3, -0.25) is 4.98 Å². The quantitative estimate of drug-likeness (QED) is 0.395. The van der Waals surface area contributed by atoms with Crippen LogP contribution in [0.5, 0.6) is 0 Å². The third-order valence-electron chi connectivity index (χ3n) is 6.63. The zero-order valence-corrected chi connectivity index (χ0v) is 17.7. The number of pyridine rings is 2. The van der Waals surface area contributed by atoms with Crippen molar-refractivity contribution in [2.75, 3.05) is 0 Å². The minimum Gasteiger partial charge on any atom is -0.340 e. The van der Waals surface area contributed by atoms with E-state index in [1.165, 1.54) is 11.6 Å². The summed E-state index contributed by atoms with van der Waals surface area (Å²) >= 11 is 6.08. The number of fused-ring (bicyclic) bond motifs is 2. The van der Waals surface area contributed by atoms with E-state index in [1.54, 1.807) is 18.3 Å². The first-order chi connectivity index (χ1) is 14.6. The van der Waals surface area contributed by atoms with Crippen LogP contribution >= 0.6 is 11.6 Å². The summed E-state index contributed by atoms with van der Waals surface area (Å²) in [4.78, 5) is 16.9. The Bertz CT molecular complexity index is 1200. The molecule has 154 valence electrons. The molecule has 1 fully saturated rings. The molecule has 1 atom stereocenters. The van der Waals surface area contributed by atoms with Crippen LogP contribution < -0.4 is 0 Å². The van der Waals surface area contributed by atoms with E-state index < -0.39 is 0 Å². The summed E-state index contributed by atoms with van der Waals surface area (Å²) in [5.74, 6) is 2.22. The van der Waals surface area contributed by atoms with Crippen LogP contribution in [0, 0.1) is 11.7 Å². The second kappa shape index (κ2) is 7.95. The van der Waals surface area contributed by atoms with Gasteiger partial charge in [0, 0.05) is 23.7 Å². The number of rotatable bonds is 4. The van der Waals surface area contributed by atoms with Gasteiger partial charge in [0.25, 0.3) is 0 Å². The summed E-state index contributed by atoms with van der Waals surface area (Å²) in [7, 11) is 0. The summed E-state index contributed by atoms with van der Waals surface area (Å²) in [6.45, 7) is 2.23. The molecule has 3 aromatic heterocycles. The molecule has 0 bridgehead atoms. The van der Waals surface area contributed by atoms with Gasteiger partial charge in [0.1, 0.15) is 11.6 Å². The first kappa shape index (κ1) is 19.4. The first-order valence-corrected chi connectivity index (χ1v) is 11.1. The summed E-state index contributed by atoms with van der Waals surface area (Å²) in [6, 6.07) is 8.84. The van der Waals surface area contributed by atoms with E-state index in [-0.39, 0.29) is 5.82 Å². The average Bonchev–Trinajstić information content (AvgIpc) is 3.17. The van der Waals surface area contributed by atoms with Crippen molar-refractivity contribution >= 4 is 33.7 Å². The van der Waals surface area contributed by atoms with E-state index in [9.17, 15) is 4.39 Å². The Labute approximate surface area is 179 Å². The smallest absolute Gasteiger partial charge is 0.177 e. The zero-order chi connectivity index (χ0) is 20.7. The molecule has 0 unspecified atom stereocenters. The van der Waals surface area contributed by atoms with Crippen molar-refractivity contribution in [3.63, 3.8) is 0 Å². The van der Waals surface area contributed by atoms with Gasteiger partial charge in [0.2, 0.25) is 0 Å². The number of imidazole rings is 1. The van der Waals surface area contributed by atoms with Gasteiger partial charge < -0.3 is 4.98 Å². The van der Waals surface area contributed by atoms with Gasteiger partial charge in [0.05, 0.1) is 16.1 Å². The van der Waals surface area contributed by atoms with Crippen molar-refractivity contribution in [3.8, 4) is 0 Å². The highest BCUT2D eigenvalue weighted by Crippen LogP contribution is 2.44. The Morgan fingerprint density at radius 2 is 1.97 bits per heavy atom. The molecule has 0 aliphatic heterocycles. The standard InChI is InChI=1S/C24H24ClFN4/c1-2-18(23-29-22-11-16(25)13-28-24(22)30-23)14-3-5-15(6-4-14)19-9-10-27-21-8-7-17(26)12-20(19)21/h7-15,18H,2-6H2,1H3,(H,28,29,30)/t14-,15-,18-/m0/s1. The van der Waals surface area contributed by atoms with E-state index in [4.69, 9.17) is 16.6 Å². The molecule has 0 amide bonds. The lowest BCUT2D eigenvalue weighted by atomic mass is 9.72. The predicted molar refractivity (Wildman–Crippen MR) is 118 cm³/mol. The van der Waals surface area contributed by atoms with Crippen LogP contribution in [0.25, 0.3) is 22.1 Å². The van der Waals surface area contributed by atoms with Crippen LogP contribution in [-0.4, -0.2) is 19.9 Å². The molecule has 0 spiro atoms. The highest BCUT2D eigenvalue weighted by atomic mass is 35.5. The SMILES string of the molecule is CC[C@H](c1nc2ncc(Cl)cc2[nH]1)[C@H]1CC[C@H](c2ccnc3ccc(F)cc32)CC1. The van der Waals surface area contributed by atoms with Gasteiger partial charge >= 0.3 is 0 Å². The maximum Gasteiger partial charge on any atom is 0.177 e. The van der Waals surface area contributed by atoms with Crippen LogP contribution in [-0.2, 0) is 0 Å². The highest BCUT2D eigenvalue weighted by Gasteiger charge is 2.30. The van der Waals surface area contributed by atoms with Gasteiger partial charge in [-0.1, -0.05) is 18.5 Å². The van der Waals surface area contributed by atoms with Gasteiger partial charge in [-0.15, -0.1) is 0 Å². The third-order valence-corrected chi connectivity index (χ3v) is 6.84. The van der Waals surface area contributed by atoms with Crippen molar-refractivity contribution in [3.05, 3.63) is 65.0 Å². The lowest BCUT2D eigenvalue weighted by Crippen LogP contribution is -2.20. The van der Waals surface area contributed by atoms with Crippen LogP contribution in [0.15, 0.2) is 42.7 Å². The molecule has 0 saturated heterocycles. The molecular formula is C24H24ClFN4. The molecule has 6 heteroatoms. The average molecular weight is 423 g/mol. The van der Waals surface area contributed by atoms with E-state index in [1.807, 2.05) is 12.3 Å². The maximum absolute atomic E-state index is 13.8. The monoisotopic (exact) mass is 422 g/mol. The minimum atomic E-state index is -0.199. The van der Waals surface area contributed by atoms with Crippen LogP contribution in [0.1, 0.15) is 62.3 Å². The number of halogens is 2. The molecule has 4 nitrogen and oxygen atoms in total. The number of nitrogens with zero attached hydrogens (tertiary/aromatic N) is 3. The van der Waals surface area contributed by atoms with E-state index in [2.05, 4.69) is 27.9 Å². The maximum atomic E-state index is 13.8. The number of hydrogen-bond donors (Lipinski definition) is 1. The van der Waals surface area contributed by atoms with Crippen molar-refractivity contribution < 1.29 is 4.39 Å². The third kappa shape index (κ3) is 3.56. The molecule has 1 aliphatic rings. The normalized spacial score (nSPS) is 20.6. The fourth-order valence-corrected chi connectivity index (χ4v) is 5.30. The summed E-state index contributed by atoms with van der Waals surface area (Å²) in [5, 5.41) is 1.57. The summed E-state index contributed by atoms with van der Waals surface area (Å²) < 4.78 is 13.8. The molecule has 3 heterocycles. The summed E-state index contributed by atoms with van der Waals surface area (Å²) in [6.07, 6.45) is 8.99.